The first-order chi connectivity index (χ1) is 20.2. The van der Waals surface area contributed by atoms with Gasteiger partial charge in [0.25, 0.3) is 21.8 Å². The molecule has 1 atom stereocenters. The van der Waals surface area contributed by atoms with Crippen molar-refractivity contribution in [2.75, 3.05) is 17.5 Å². The number of halogens is 1. The highest BCUT2D eigenvalue weighted by Gasteiger charge is 2.29. The van der Waals surface area contributed by atoms with E-state index in [2.05, 4.69) is 15.8 Å². The maximum atomic E-state index is 14.6. The smallest absolute Gasteiger partial charge is 0.264 e. The van der Waals surface area contributed by atoms with Crippen LogP contribution in [-0.2, 0) is 19.6 Å². The van der Waals surface area contributed by atoms with Crippen molar-refractivity contribution in [2.45, 2.75) is 17.9 Å². The number of carbonyl (C=O) groups excluding carboxylic acids is 2. The molecular weight excluding hydrogens is 559 g/mol. The van der Waals surface area contributed by atoms with Crippen molar-refractivity contribution in [3.8, 4) is 5.75 Å². The van der Waals surface area contributed by atoms with Crippen LogP contribution in [0.4, 0.5) is 10.1 Å². The van der Waals surface area contributed by atoms with E-state index in [1.165, 1.54) is 48.7 Å². The number of hydrogen-bond acceptors (Lipinski definition) is 6. The quantitative estimate of drug-likeness (QED) is 0.188. The van der Waals surface area contributed by atoms with Gasteiger partial charge < -0.3 is 10.1 Å². The van der Waals surface area contributed by atoms with Crippen LogP contribution in [0.2, 0.25) is 0 Å². The number of carbonyl (C=O) groups is 2. The van der Waals surface area contributed by atoms with E-state index in [0.717, 1.165) is 11.6 Å². The van der Waals surface area contributed by atoms with Crippen LogP contribution in [0, 0.1) is 5.82 Å². The summed E-state index contributed by atoms with van der Waals surface area (Å²) in [5.41, 5.74) is 3.60. The van der Waals surface area contributed by atoms with Crippen LogP contribution >= 0.6 is 0 Å². The lowest BCUT2D eigenvalue weighted by Crippen LogP contribution is -2.40. The third-order valence-corrected chi connectivity index (χ3v) is 7.84. The van der Waals surface area contributed by atoms with Gasteiger partial charge in [0, 0.05) is 0 Å². The molecule has 0 aromatic heterocycles. The maximum absolute atomic E-state index is 14.6. The molecule has 0 unspecified atom stereocenters. The maximum Gasteiger partial charge on any atom is 0.264 e. The number of ether oxygens (including phenoxy) is 1. The summed E-state index contributed by atoms with van der Waals surface area (Å²) in [5.74, 6) is -1.37. The van der Waals surface area contributed by atoms with Crippen LogP contribution in [-0.4, -0.2) is 39.6 Å². The summed E-state index contributed by atoms with van der Waals surface area (Å²) in [7, 11) is -4.25. The van der Waals surface area contributed by atoms with E-state index in [9.17, 15) is 22.4 Å². The molecule has 0 aliphatic heterocycles. The number of rotatable bonds is 12. The molecule has 0 saturated heterocycles. The molecule has 11 heteroatoms. The van der Waals surface area contributed by atoms with Crippen LogP contribution < -0.4 is 19.8 Å². The topological polar surface area (TPSA) is 117 Å². The molecule has 4 rings (SSSR count). The molecule has 0 fully saturated rings. The molecular formula is C31H29FN4O5S. The fourth-order valence-electron chi connectivity index (χ4n) is 3.93. The monoisotopic (exact) mass is 588 g/mol. The van der Waals surface area contributed by atoms with E-state index in [0.29, 0.717) is 15.6 Å². The van der Waals surface area contributed by atoms with E-state index >= 15 is 0 Å². The number of hydrogen-bond donors (Lipinski definition) is 2. The zero-order valence-electron chi connectivity index (χ0n) is 22.7. The van der Waals surface area contributed by atoms with E-state index in [-0.39, 0.29) is 29.1 Å². The molecule has 0 saturated carbocycles. The highest BCUT2D eigenvalue weighted by atomic mass is 32.2. The predicted octanol–water partition coefficient (Wildman–Crippen LogP) is 4.43. The fourth-order valence-corrected chi connectivity index (χ4v) is 5.37. The Morgan fingerprint density at radius 3 is 2.17 bits per heavy atom. The molecule has 4 aromatic rings. The minimum atomic E-state index is -4.25. The Morgan fingerprint density at radius 1 is 0.881 bits per heavy atom. The third-order valence-electron chi connectivity index (χ3n) is 6.07. The molecule has 42 heavy (non-hydrogen) atoms. The molecule has 0 aliphatic carbocycles. The molecule has 2 N–H and O–H groups in total. The summed E-state index contributed by atoms with van der Waals surface area (Å²) in [4.78, 5) is 24.8. The van der Waals surface area contributed by atoms with E-state index in [4.69, 9.17) is 4.74 Å². The summed E-state index contributed by atoms with van der Waals surface area (Å²) >= 11 is 0. The summed E-state index contributed by atoms with van der Waals surface area (Å²) in [6, 6.07) is 28.8. The average molecular weight is 589 g/mol. The molecule has 2 amide bonds. The Balaban J connectivity index is 1.32. The Kier molecular flexibility index (Phi) is 10.0. The predicted molar refractivity (Wildman–Crippen MR) is 158 cm³/mol. The minimum Gasteiger partial charge on any atom is -0.484 e. The SMILES string of the molecule is C[C@H](NC(=O)COc1ccc(/C=N\NC(=O)CN(c2ccccc2F)S(=O)(=O)c2ccccc2)cc1)c1ccccc1. The van der Waals surface area contributed by atoms with Crippen LogP contribution in [0.1, 0.15) is 24.1 Å². The first-order valence-corrected chi connectivity index (χ1v) is 14.4. The Morgan fingerprint density at radius 2 is 1.50 bits per heavy atom. The summed E-state index contributed by atoms with van der Waals surface area (Å²) < 4.78 is 47.3. The van der Waals surface area contributed by atoms with Crippen LogP contribution in [0.15, 0.2) is 119 Å². The lowest BCUT2D eigenvalue weighted by atomic mass is 10.1. The van der Waals surface area contributed by atoms with Crippen LogP contribution in [0.5, 0.6) is 5.75 Å². The molecule has 0 heterocycles. The number of benzene rings is 4. The highest BCUT2D eigenvalue weighted by molar-refractivity contribution is 7.92. The first kappa shape index (κ1) is 29.9. The Labute approximate surface area is 243 Å². The van der Waals surface area contributed by atoms with E-state index < -0.39 is 28.3 Å². The van der Waals surface area contributed by atoms with E-state index in [1.807, 2.05) is 37.3 Å². The van der Waals surface area contributed by atoms with Crippen molar-refractivity contribution < 1.29 is 27.1 Å². The molecule has 0 bridgehead atoms. The van der Waals surface area contributed by atoms with Gasteiger partial charge >= 0.3 is 0 Å². The molecule has 9 nitrogen and oxygen atoms in total. The highest BCUT2D eigenvalue weighted by Crippen LogP contribution is 2.26. The summed E-state index contributed by atoms with van der Waals surface area (Å²) in [5, 5.41) is 6.76. The molecule has 216 valence electrons. The molecule has 0 radical (unpaired) electrons. The van der Waals surface area contributed by atoms with Crippen molar-refractivity contribution in [1.82, 2.24) is 10.7 Å². The van der Waals surface area contributed by atoms with Crippen molar-refractivity contribution in [1.29, 1.82) is 0 Å². The second kappa shape index (κ2) is 14.0. The molecule has 0 aliphatic rings. The lowest BCUT2D eigenvalue weighted by Gasteiger charge is -2.24. The van der Waals surface area contributed by atoms with Crippen LogP contribution in [0.3, 0.4) is 0 Å². The number of anilines is 1. The number of nitrogens with zero attached hydrogens (tertiary/aromatic N) is 2. The van der Waals surface area contributed by atoms with Gasteiger partial charge in [0.2, 0.25) is 0 Å². The zero-order chi connectivity index (χ0) is 30.0. The largest absolute Gasteiger partial charge is 0.484 e. The minimum absolute atomic E-state index is 0.0879. The van der Waals surface area contributed by atoms with Gasteiger partial charge in [-0.05, 0) is 66.6 Å². The second-order valence-corrected chi connectivity index (χ2v) is 11.0. The van der Waals surface area contributed by atoms with Gasteiger partial charge in [-0.3, -0.25) is 13.9 Å². The van der Waals surface area contributed by atoms with Gasteiger partial charge in [0.05, 0.1) is 22.8 Å². The zero-order valence-corrected chi connectivity index (χ0v) is 23.5. The van der Waals surface area contributed by atoms with E-state index in [1.54, 1.807) is 30.3 Å². The van der Waals surface area contributed by atoms with Gasteiger partial charge in [-0.2, -0.15) is 5.10 Å². The molecule has 4 aromatic carbocycles. The molecule has 0 spiro atoms. The number of amides is 2. The summed E-state index contributed by atoms with van der Waals surface area (Å²) in [6.07, 6.45) is 1.36. The Hall–Kier alpha value is -5.03. The second-order valence-electron chi connectivity index (χ2n) is 9.13. The number of sulfonamides is 1. The standard InChI is InChI=1S/C31H29FN4O5S/c1-23(25-10-4-2-5-11-25)34-31(38)22-41-26-18-16-24(17-19-26)20-33-35-30(37)21-36(29-15-9-8-14-28(29)32)42(39,40)27-12-6-3-7-13-27/h2-20,23H,21-22H2,1H3,(H,34,38)(H,35,37)/b33-20-/t23-/m0/s1. The van der Waals surface area contributed by atoms with Gasteiger partial charge in [-0.1, -0.05) is 60.7 Å². The van der Waals surface area contributed by atoms with Gasteiger partial charge in [-0.15, -0.1) is 0 Å². The number of nitrogens with one attached hydrogen (secondary N) is 2. The third kappa shape index (κ3) is 8.01. The van der Waals surface area contributed by atoms with Crippen molar-refractivity contribution >= 4 is 33.7 Å². The fraction of sp³-hybridized carbons (Fsp3) is 0.129. The van der Waals surface area contributed by atoms with Crippen molar-refractivity contribution in [3.63, 3.8) is 0 Å². The summed E-state index contributed by atoms with van der Waals surface area (Å²) in [6.45, 7) is 1.03. The van der Waals surface area contributed by atoms with Crippen LogP contribution in [0.25, 0.3) is 0 Å². The van der Waals surface area contributed by atoms with Crippen molar-refractivity contribution in [3.05, 3.63) is 126 Å². The number of para-hydroxylation sites is 1. The number of hydrazone groups is 1. The van der Waals surface area contributed by atoms with Gasteiger partial charge in [0.15, 0.2) is 6.61 Å². The average Bonchev–Trinajstić information content (AvgIpc) is 3.00. The van der Waals surface area contributed by atoms with Gasteiger partial charge in [-0.25, -0.2) is 18.2 Å². The lowest BCUT2D eigenvalue weighted by molar-refractivity contribution is -0.123. The Bertz CT molecular complexity index is 1630. The van der Waals surface area contributed by atoms with Crippen molar-refractivity contribution in [2.24, 2.45) is 5.10 Å². The normalized spacial score (nSPS) is 12.0. The first-order valence-electron chi connectivity index (χ1n) is 13.0. The van der Waals surface area contributed by atoms with Gasteiger partial charge in [0.1, 0.15) is 18.1 Å².